The van der Waals surface area contributed by atoms with Crippen molar-refractivity contribution in [2.75, 3.05) is 13.2 Å². The summed E-state index contributed by atoms with van der Waals surface area (Å²) >= 11 is 0. The Balaban J connectivity index is 2.63. The number of ether oxygens (including phenoxy) is 2. The van der Waals surface area contributed by atoms with E-state index in [9.17, 15) is 0 Å². The van der Waals surface area contributed by atoms with Crippen molar-refractivity contribution in [1.82, 2.24) is 5.32 Å². The Morgan fingerprint density at radius 1 is 1.05 bits per heavy atom. The highest BCUT2D eigenvalue weighted by molar-refractivity contribution is 5.43. The van der Waals surface area contributed by atoms with Crippen molar-refractivity contribution < 1.29 is 9.47 Å². The van der Waals surface area contributed by atoms with Crippen molar-refractivity contribution in [3.63, 3.8) is 0 Å². The van der Waals surface area contributed by atoms with E-state index in [1.807, 2.05) is 13.0 Å². The lowest BCUT2D eigenvalue weighted by Gasteiger charge is -2.14. The van der Waals surface area contributed by atoms with E-state index in [4.69, 9.17) is 9.47 Å². The molecule has 0 radical (unpaired) electrons. The van der Waals surface area contributed by atoms with E-state index >= 15 is 0 Å². The fourth-order valence-electron chi connectivity index (χ4n) is 1.91. The molecule has 1 aromatic rings. The molecule has 1 rings (SSSR count). The largest absolute Gasteiger partial charge is 0.490 e. The second-order valence-corrected chi connectivity index (χ2v) is 5.31. The van der Waals surface area contributed by atoms with E-state index in [1.165, 1.54) is 18.4 Å². The number of hydrogen-bond donors (Lipinski definition) is 1. The van der Waals surface area contributed by atoms with E-state index < -0.39 is 0 Å². The van der Waals surface area contributed by atoms with Gasteiger partial charge in [-0.25, -0.2) is 0 Å². The summed E-state index contributed by atoms with van der Waals surface area (Å²) < 4.78 is 11.5. The Hall–Kier alpha value is -1.22. The van der Waals surface area contributed by atoms with E-state index in [0.29, 0.717) is 12.6 Å². The Labute approximate surface area is 123 Å². The topological polar surface area (TPSA) is 30.5 Å². The monoisotopic (exact) mass is 279 g/mol. The highest BCUT2D eigenvalue weighted by Gasteiger charge is 2.07. The van der Waals surface area contributed by atoms with E-state index in [1.54, 1.807) is 0 Å². The van der Waals surface area contributed by atoms with Crippen LogP contribution >= 0.6 is 0 Å². The van der Waals surface area contributed by atoms with Gasteiger partial charge in [0, 0.05) is 12.6 Å². The zero-order chi connectivity index (χ0) is 14.8. The number of benzene rings is 1. The summed E-state index contributed by atoms with van der Waals surface area (Å²) in [4.78, 5) is 0. The Bertz CT molecular complexity index is 377. The van der Waals surface area contributed by atoms with Gasteiger partial charge in [0.25, 0.3) is 0 Å². The van der Waals surface area contributed by atoms with Crippen molar-refractivity contribution in [2.24, 2.45) is 0 Å². The van der Waals surface area contributed by atoms with Gasteiger partial charge < -0.3 is 14.8 Å². The van der Waals surface area contributed by atoms with Crippen molar-refractivity contribution in [2.45, 2.75) is 59.5 Å². The number of hydrogen-bond acceptors (Lipinski definition) is 3. The summed E-state index contributed by atoms with van der Waals surface area (Å²) in [5.41, 5.74) is 1.23. The molecular formula is C17H29NO2. The molecule has 0 atom stereocenters. The second-order valence-electron chi connectivity index (χ2n) is 5.31. The first-order chi connectivity index (χ1) is 9.67. The molecule has 0 heterocycles. The Kier molecular flexibility index (Phi) is 8.12. The lowest BCUT2D eigenvalue weighted by atomic mass is 10.2. The van der Waals surface area contributed by atoms with Gasteiger partial charge in [-0.15, -0.1) is 0 Å². The van der Waals surface area contributed by atoms with Gasteiger partial charge in [-0.1, -0.05) is 39.7 Å². The summed E-state index contributed by atoms with van der Waals surface area (Å²) in [6, 6.07) is 6.69. The Morgan fingerprint density at radius 2 is 1.85 bits per heavy atom. The van der Waals surface area contributed by atoms with Crippen molar-refractivity contribution in [1.29, 1.82) is 0 Å². The molecule has 0 unspecified atom stereocenters. The standard InChI is InChI=1S/C17H29NO2/c1-5-7-8-11-20-16-10-9-15(13-18-14(3)4)12-17(16)19-6-2/h9-10,12,14,18H,5-8,11,13H2,1-4H3. The minimum Gasteiger partial charge on any atom is -0.490 e. The molecule has 114 valence electrons. The van der Waals surface area contributed by atoms with E-state index in [0.717, 1.165) is 31.1 Å². The molecule has 1 aromatic carbocycles. The van der Waals surface area contributed by atoms with Crippen LogP contribution in [0.2, 0.25) is 0 Å². The average molecular weight is 279 g/mol. The third-order valence-corrected chi connectivity index (χ3v) is 3.03. The molecule has 3 heteroatoms. The third kappa shape index (κ3) is 6.29. The van der Waals surface area contributed by atoms with Crippen LogP contribution in [0.1, 0.15) is 52.5 Å². The van der Waals surface area contributed by atoms with Crippen LogP contribution in [0.5, 0.6) is 11.5 Å². The van der Waals surface area contributed by atoms with Crippen LogP contribution in [0.3, 0.4) is 0 Å². The molecule has 0 spiro atoms. The maximum Gasteiger partial charge on any atom is 0.161 e. The smallest absolute Gasteiger partial charge is 0.161 e. The van der Waals surface area contributed by atoms with Gasteiger partial charge in [-0.2, -0.15) is 0 Å². The summed E-state index contributed by atoms with van der Waals surface area (Å²) in [5.74, 6) is 1.71. The van der Waals surface area contributed by atoms with Gasteiger partial charge in [-0.05, 0) is 31.0 Å². The van der Waals surface area contributed by atoms with Crippen LogP contribution in [0.15, 0.2) is 18.2 Å². The maximum absolute atomic E-state index is 5.83. The zero-order valence-corrected chi connectivity index (χ0v) is 13.4. The quantitative estimate of drug-likeness (QED) is 0.653. The first-order valence-corrected chi connectivity index (χ1v) is 7.79. The third-order valence-electron chi connectivity index (χ3n) is 3.03. The SMILES string of the molecule is CCCCCOc1ccc(CNC(C)C)cc1OCC. The predicted molar refractivity (Wildman–Crippen MR) is 84.6 cm³/mol. The van der Waals surface area contributed by atoms with Crippen molar-refractivity contribution >= 4 is 0 Å². The van der Waals surface area contributed by atoms with Gasteiger partial charge in [0.05, 0.1) is 13.2 Å². The van der Waals surface area contributed by atoms with E-state index in [2.05, 4.69) is 38.2 Å². The number of rotatable bonds is 10. The maximum atomic E-state index is 5.83. The fourth-order valence-corrected chi connectivity index (χ4v) is 1.91. The Morgan fingerprint density at radius 3 is 2.50 bits per heavy atom. The van der Waals surface area contributed by atoms with Crippen LogP contribution < -0.4 is 14.8 Å². The summed E-state index contributed by atoms with van der Waals surface area (Å²) in [6.45, 7) is 10.8. The minimum atomic E-state index is 0.482. The molecule has 0 aliphatic carbocycles. The fraction of sp³-hybridized carbons (Fsp3) is 0.647. The number of nitrogens with one attached hydrogen (secondary N) is 1. The molecule has 0 aromatic heterocycles. The summed E-state index contributed by atoms with van der Waals surface area (Å²) in [6.07, 6.45) is 3.51. The zero-order valence-electron chi connectivity index (χ0n) is 13.4. The highest BCUT2D eigenvalue weighted by atomic mass is 16.5. The van der Waals surface area contributed by atoms with E-state index in [-0.39, 0.29) is 0 Å². The first-order valence-electron chi connectivity index (χ1n) is 7.79. The molecular weight excluding hydrogens is 250 g/mol. The molecule has 3 nitrogen and oxygen atoms in total. The van der Waals surface area contributed by atoms with Crippen LogP contribution in [0.25, 0.3) is 0 Å². The molecule has 0 saturated carbocycles. The molecule has 20 heavy (non-hydrogen) atoms. The predicted octanol–water partition coefficient (Wildman–Crippen LogP) is 4.15. The summed E-state index contributed by atoms with van der Waals surface area (Å²) in [5, 5.41) is 3.41. The molecule has 0 fully saturated rings. The van der Waals surface area contributed by atoms with Gasteiger partial charge in [0.15, 0.2) is 11.5 Å². The summed E-state index contributed by atoms with van der Waals surface area (Å²) in [7, 11) is 0. The lowest BCUT2D eigenvalue weighted by Crippen LogP contribution is -2.21. The molecule has 0 aliphatic rings. The van der Waals surface area contributed by atoms with Crippen molar-refractivity contribution in [3.8, 4) is 11.5 Å². The van der Waals surface area contributed by atoms with Crippen LogP contribution in [-0.4, -0.2) is 19.3 Å². The second kappa shape index (κ2) is 9.65. The molecule has 0 aliphatic heterocycles. The normalized spacial score (nSPS) is 10.8. The van der Waals surface area contributed by atoms with Gasteiger partial charge in [-0.3, -0.25) is 0 Å². The number of unbranched alkanes of at least 4 members (excludes halogenated alkanes) is 2. The van der Waals surface area contributed by atoms with Crippen LogP contribution in [0, 0.1) is 0 Å². The van der Waals surface area contributed by atoms with Gasteiger partial charge in [0.1, 0.15) is 0 Å². The van der Waals surface area contributed by atoms with Gasteiger partial charge >= 0.3 is 0 Å². The lowest BCUT2D eigenvalue weighted by molar-refractivity contribution is 0.271. The molecule has 1 N–H and O–H groups in total. The van der Waals surface area contributed by atoms with Crippen LogP contribution in [0.4, 0.5) is 0 Å². The average Bonchev–Trinajstić information content (AvgIpc) is 2.43. The first kappa shape index (κ1) is 16.8. The molecule has 0 amide bonds. The van der Waals surface area contributed by atoms with Crippen LogP contribution in [-0.2, 0) is 6.54 Å². The molecule has 0 bridgehead atoms. The minimum absolute atomic E-state index is 0.482. The highest BCUT2D eigenvalue weighted by Crippen LogP contribution is 2.28. The van der Waals surface area contributed by atoms with Gasteiger partial charge in [0.2, 0.25) is 0 Å². The molecule has 0 saturated heterocycles. The van der Waals surface area contributed by atoms with Crippen molar-refractivity contribution in [3.05, 3.63) is 23.8 Å².